The van der Waals surface area contributed by atoms with Crippen LogP contribution in [0.15, 0.2) is 18.2 Å². The van der Waals surface area contributed by atoms with Crippen molar-refractivity contribution in [2.45, 2.75) is 6.04 Å². The third kappa shape index (κ3) is 2.96. The van der Waals surface area contributed by atoms with Crippen LogP contribution >= 0.6 is 0 Å². The zero-order chi connectivity index (χ0) is 14.7. The third-order valence-corrected chi connectivity index (χ3v) is 3.82. The maximum atomic E-state index is 12.2. The van der Waals surface area contributed by atoms with E-state index in [4.69, 9.17) is 14.2 Å². The maximum absolute atomic E-state index is 12.2. The molecule has 2 aliphatic rings. The molecule has 6 heteroatoms. The normalized spacial score (nSPS) is 19.9. The first-order valence-corrected chi connectivity index (χ1v) is 7.22. The summed E-state index contributed by atoms with van der Waals surface area (Å²) in [5, 5.41) is 3.29. The fourth-order valence-electron chi connectivity index (χ4n) is 2.78. The molecule has 1 unspecified atom stereocenters. The molecule has 1 aromatic rings. The number of hydrogen-bond donors (Lipinski definition) is 1. The first-order chi connectivity index (χ1) is 10.3. The molecular formula is C15H20N2O4. The fraction of sp³-hybridized carbons (Fsp3) is 0.533. The Hall–Kier alpha value is -1.79. The van der Waals surface area contributed by atoms with E-state index in [0.29, 0.717) is 19.0 Å². The van der Waals surface area contributed by atoms with E-state index in [0.717, 1.165) is 37.5 Å². The van der Waals surface area contributed by atoms with Gasteiger partial charge in [0.15, 0.2) is 11.5 Å². The number of carbonyl (C=O) groups excluding carboxylic acids is 1. The van der Waals surface area contributed by atoms with Gasteiger partial charge >= 0.3 is 5.97 Å². The minimum absolute atomic E-state index is 0.242. The smallest absolute Gasteiger partial charge is 0.327 e. The van der Waals surface area contributed by atoms with Crippen LogP contribution in [0.5, 0.6) is 11.5 Å². The van der Waals surface area contributed by atoms with Gasteiger partial charge in [0, 0.05) is 26.2 Å². The molecule has 0 bridgehead atoms. The van der Waals surface area contributed by atoms with Gasteiger partial charge in [0.2, 0.25) is 0 Å². The van der Waals surface area contributed by atoms with Gasteiger partial charge in [-0.3, -0.25) is 4.90 Å². The van der Waals surface area contributed by atoms with Crippen LogP contribution in [-0.4, -0.2) is 57.4 Å². The highest BCUT2D eigenvalue weighted by atomic mass is 16.6. The molecular weight excluding hydrogens is 272 g/mol. The summed E-state index contributed by atoms with van der Waals surface area (Å²) in [7, 11) is 1.43. The van der Waals surface area contributed by atoms with Crippen LogP contribution in [0.25, 0.3) is 0 Å². The number of rotatable bonds is 3. The summed E-state index contributed by atoms with van der Waals surface area (Å²) in [5.41, 5.74) is 0.882. The van der Waals surface area contributed by atoms with Gasteiger partial charge in [0.1, 0.15) is 19.3 Å². The summed E-state index contributed by atoms with van der Waals surface area (Å²) in [5.74, 6) is 1.19. The molecule has 0 amide bonds. The van der Waals surface area contributed by atoms with Gasteiger partial charge in [0.05, 0.1) is 7.11 Å². The molecule has 1 saturated heterocycles. The molecule has 0 saturated carbocycles. The number of methoxy groups -OCH3 is 1. The number of benzene rings is 1. The number of carbonyl (C=O) groups is 1. The molecule has 2 heterocycles. The van der Waals surface area contributed by atoms with E-state index >= 15 is 0 Å². The van der Waals surface area contributed by atoms with Crippen LogP contribution in [0.1, 0.15) is 11.6 Å². The number of ether oxygens (including phenoxy) is 3. The van der Waals surface area contributed by atoms with Crippen molar-refractivity contribution in [3.05, 3.63) is 23.8 Å². The van der Waals surface area contributed by atoms with Crippen LogP contribution in [0, 0.1) is 0 Å². The first kappa shape index (κ1) is 14.2. The standard InChI is InChI=1S/C15H20N2O4/c1-19-15(18)14(17-6-4-16-5-7-17)11-2-3-12-13(10-11)21-9-8-20-12/h2-3,10,14,16H,4-9H2,1H3. The van der Waals surface area contributed by atoms with Gasteiger partial charge in [-0.15, -0.1) is 0 Å². The van der Waals surface area contributed by atoms with Gasteiger partial charge in [-0.1, -0.05) is 6.07 Å². The van der Waals surface area contributed by atoms with Gasteiger partial charge in [-0.25, -0.2) is 4.79 Å². The van der Waals surface area contributed by atoms with Gasteiger partial charge in [-0.05, 0) is 17.7 Å². The van der Waals surface area contributed by atoms with Crippen LogP contribution < -0.4 is 14.8 Å². The van der Waals surface area contributed by atoms with Gasteiger partial charge < -0.3 is 19.5 Å². The van der Waals surface area contributed by atoms with Crippen molar-refractivity contribution in [3.63, 3.8) is 0 Å². The Bertz CT molecular complexity index is 514. The van der Waals surface area contributed by atoms with Gasteiger partial charge in [-0.2, -0.15) is 0 Å². The lowest BCUT2D eigenvalue weighted by atomic mass is 10.0. The molecule has 3 rings (SSSR count). The second kappa shape index (κ2) is 6.32. The Balaban J connectivity index is 1.90. The Labute approximate surface area is 124 Å². The summed E-state index contributed by atoms with van der Waals surface area (Å²) < 4.78 is 16.1. The highest BCUT2D eigenvalue weighted by molar-refractivity contribution is 5.78. The molecule has 1 fully saturated rings. The molecule has 0 aliphatic carbocycles. The monoisotopic (exact) mass is 292 g/mol. The van der Waals surface area contributed by atoms with E-state index < -0.39 is 6.04 Å². The largest absolute Gasteiger partial charge is 0.486 e. The highest BCUT2D eigenvalue weighted by Gasteiger charge is 2.30. The minimum atomic E-state index is -0.395. The average molecular weight is 292 g/mol. The second-order valence-corrected chi connectivity index (χ2v) is 5.11. The lowest BCUT2D eigenvalue weighted by molar-refractivity contribution is -0.147. The number of esters is 1. The van der Waals surface area contributed by atoms with Crippen LogP contribution in [0.3, 0.4) is 0 Å². The predicted molar refractivity (Wildman–Crippen MR) is 76.6 cm³/mol. The zero-order valence-electron chi connectivity index (χ0n) is 12.1. The van der Waals surface area contributed by atoms with Crippen molar-refractivity contribution in [3.8, 4) is 11.5 Å². The molecule has 1 N–H and O–H groups in total. The number of hydrogen-bond acceptors (Lipinski definition) is 6. The summed E-state index contributed by atoms with van der Waals surface area (Å²) in [6.07, 6.45) is 0. The van der Waals surface area contributed by atoms with E-state index in [1.165, 1.54) is 7.11 Å². The molecule has 21 heavy (non-hydrogen) atoms. The van der Waals surface area contributed by atoms with Crippen molar-refractivity contribution in [2.24, 2.45) is 0 Å². The van der Waals surface area contributed by atoms with Crippen molar-refractivity contribution < 1.29 is 19.0 Å². The van der Waals surface area contributed by atoms with Crippen LogP contribution in [0.4, 0.5) is 0 Å². The van der Waals surface area contributed by atoms with Crippen molar-refractivity contribution in [2.75, 3.05) is 46.5 Å². The number of piperazine rings is 1. The quantitative estimate of drug-likeness (QED) is 0.822. The average Bonchev–Trinajstić information content (AvgIpc) is 2.56. The van der Waals surface area contributed by atoms with E-state index in [2.05, 4.69) is 10.2 Å². The lowest BCUT2D eigenvalue weighted by Crippen LogP contribution is -2.47. The Morgan fingerprint density at radius 2 is 1.95 bits per heavy atom. The van der Waals surface area contributed by atoms with Crippen molar-refractivity contribution >= 4 is 5.97 Å². The van der Waals surface area contributed by atoms with Crippen LogP contribution in [0.2, 0.25) is 0 Å². The van der Waals surface area contributed by atoms with Gasteiger partial charge in [0.25, 0.3) is 0 Å². The Morgan fingerprint density at radius 1 is 1.24 bits per heavy atom. The van der Waals surface area contributed by atoms with E-state index in [1.807, 2.05) is 18.2 Å². The zero-order valence-corrected chi connectivity index (χ0v) is 12.1. The summed E-state index contributed by atoms with van der Waals surface area (Å²) in [6.45, 7) is 4.47. The predicted octanol–water partition coefficient (Wildman–Crippen LogP) is 0.577. The summed E-state index contributed by atoms with van der Waals surface area (Å²) >= 11 is 0. The molecule has 6 nitrogen and oxygen atoms in total. The molecule has 1 atom stereocenters. The number of nitrogens with one attached hydrogen (secondary N) is 1. The molecule has 0 radical (unpaired) electrons. The van der Waals surface area contributed by atoms with E-state index in [1.54, 1.807) is 0 Å². The molecule has 0 spiro atoms. The molecule has 2 aliphatic heterocycles. The minimum Gasteiger partial charge on any atom is -0.486 e. The lowest BCUT2D eigenvalue weighted by Gasteiger charge is -2.33. The summed E-state index contributed by atoms with van der Waals surface area (Å²) in [4.78, 5) is 14.4. The third-order valence-electron chi connectivity index (χ3n) is 3.82. The molecule has 0 aromatic heterocycles. The van der Waals surface area contributed by atoms with E-state index in [9.17, 15) is 4.79 Å². The second-order valence-electron chi connectivity index (χ2n) is 5.11. The topological polar surface area (TPSA) is 60.0 Å². The highest BCUT2D eigenvalue weighted by Crippen LogP contribution is 2.34. The first-order valence-electron chi connectivity index (χ1n) is 7.22. The maximum Gasteiger partial charge on any atom is 0.327 e. The number of fused-ring (bicyclic) bond motifs is 1. The van der Waals surface area contributed by atoms with E-state index in [-0.39, 0.29) is 5.97 Å². The summed E-state index contributed by atoms with van der Waals surface area (Å²) in [6, 6.07) is 5.27. The molecule has 1 aromatic carbocycles. The van der Waals surface area contributed by atoms with Crippen LogP contribution in [-0.2, 0) is 9.53 Å². The fourth-order valence-corrected chi connectivity index (χ4v) is 2.78. The SMILES string of the molecule is COC(=O)C(c1ccc2c(c1)OCCO2)N1CCNCC1. The Morgan fingerprint density at radius 3 is 2.67 bits per heavy atom. The molecule has 114 valence electrons. The van der Waals surface area contributed by atoms with Crippen molar-refractivity contribution in [1.82, 2.24) is 10.2 Å². The van der Waals surface area contributed by atoms with Crippen molar-refractivity contribution in [1.29, 1.82) is 0 Å². The Kier molecular flexibility index (Phi) is 4.26. The number of nitrogens with zero attached hydrogens (tertiary/aromatic N) is 1.